The van der Waals surface area contributed by atoms with Crippen molar-refractivity contribution in [2.75, 3.05) is 0 Å². The molecule has 2 rings (SSSR count). The smallest absolute Gasteiger partial charge is 0.358 e. The number of hydrogen-bond acceptors (Lipinski definition) is 4. The quantitative estimate of drug-likeness (QED) is 0.841. The Morgan fingerprint density at radius 3 is 2.81 bits per heavy atom. The molecule has 0 aliphatic carbocycles. The molecule has 1 heterocycles. The molecule has 0 atom stereocenters. The molecule has 82 valence electrons. The van der Waals surface area contributed by atoms with Crippen molar-refractivity contribution < 1.29 is 19.5 Å². The van der Waals surface area contributed by atoms with E-state index in [1.807, 2.05) is 0 Å². The van der Waals surface area contributed by atoms with Crippen molar-refractivity contribution in [2.45, 2.75) is 0 Å². The second-order valence-corrected chi connectivity index (χ2v) is 3.42. The van der Waals surface area contributed by atoms with Gasteiger partial charge in [-0.05, 0) is 12.1 Å². The molecule has 1 aromatic heterocycles. The summed E-state index contributed by atoms with van der Waals surface area (Å²) in [4.78, 5) is 10.6. The maximum Gasteiger partial charge on any atom is 0.358 e. The summed E-state index contributed by atoms with van der Waals surface area (Å²) >= 11 is 5.70. The lowest BCUT2D eigenvalue weighted by molar-refractivity contribution is 0.0686. The van der Waals surface area contributed by atoms with E-state index in [2.05, 4.69) is 5.16 Å². The minimum Gasteiger partial charge on any atom is -0.506 e. The van der Waals surface area contributed by atoms with Crippen molar-refractivity contribution >= 4 is 17.6 Å². The highest BCUT2D eigenvalue weighted by Gasteiger charge is 2.15. The molecule has 0 saturated carbocycles. The molecule has 1 aromatic carbocycles. The van der Waals surface area contributed by atoms with Gasteiger partial charge >= 0.3 is 5.97 Å². The first-order valence-corrected chi connectivity index (χ1v) is 4.65. The van der Waals surface area contributed by atoms with Gasteiger partial charge in [-0.2, -0.15) is 0 Å². The van der Waals surface area contributed by atoms with Crippen molar-refractivity contribution in [1.29, 1.82) is 0 Å². The zero-order valence-electron chi connectivity index (χ0n) is 7.85. The lowest BCUT2D eigenvalue weighted by Gasteiger charge is -2.00. The van der Waals surface area contributed by atoms with Crippen LogP contribution in [0.15, 0.2) is 28.8 Å². The van der Waals surface area contributed by atoms with Crippen molar-refractivity contribution in [3.63, 3.8) is 0 Å². The molecule has 2 N–H and O–H groups in total. The predicted molar refractivity (Wildman–Crippen MR) is 55.6 cm³/mol. The average molecular weight is 240 g/mol. The highest BCUT2D eigenvalue weighted by Crippen LogP contribution is 2.35. The lowest BCUT2D eigenvalue weighted by atomic mass is 10.1. The van der Waals surface area contributed by atoms with Crippen LogP contribution in [0, 0.1) is 0 Å². The van der Waals surface area contributed by atoms with Crippen LogP contribution >= 0.6 is 11.6 Å². The Balaban J connectivity index is 2.50. The number of carbonyl (C=O) groups is 1. The number of para-hydroxylation sites is 1. The molecule has 0 radical (unpaired) electrons. The summed E-state index contributed by atoms with van der Waals surface area (Å²) in [6.07, 6.45) is 0. The van der Waals surface area contributed by atoms with E-state index < -0.39 is 5.97 Å². The number of aromatic nitrogens is 1. The second kappa shape index (κ2) is 3.86. The first-order chi connectivity index (χ1) is 7.59. The number of halogens is 1. The number of nitrogens with zero attached hydrogens (tertiary/aromatic N) is 1. The van der Waals surface area contributed by atoms with Crippen molar-refractivity contribution in [3.05, 3.63) is 35.0 Å². The summed E-state index contributed by atoms with van der Waals surface area (Å²) < 4.78 is 4.80. The van der Waals surface area contributed by atoms with Gasteiger partial charge in [-0.25, -0.2) is 4.79 Å². The standard InChI is InChI=1S/C10H6ClNO4/c11-6-3-1-2-5(9(6)13)8-4-7(10(14)15)12-16-8/h1-4,13H,(H,14,15). The molecule has 0 amide bonds. The molecule has 0 spiro atoms. The van der Waals surface area contributed by atoms with Gasteiger partial charge in [-0.15, -0.1) is 0 Å². The van der Waals surface area contributed by atoms with Gasteiger partial charge in [0.15, 0.2) is 11.5 Å². The van der Waals surface area contributed by atoms with E-state index in [9.17, 15) is 9.90 Å². The third kappa shape index (κ3) is 1.72. The Morgan fingerprint density at radius 2 is 2.19 bits per heavy atom. The van der Waals surface area contributed by atoms with Gasteiger partial charge < -0.3 is 14.7 Å². The predicted octanol–water partition coefficient (Wildman–Crippen LogP) is 2.40. The van der Waals surface area contributed by atoms with E-state index in [0.717, 1.165) is 0 Å². The molecule has 0 saturated heterocycles. The van der Waals surface area contributed by atoms with E-state index in [4.69, 9.17) is 21.2 Å². The van der Waals surface area contributed by atoms with Crippen LogP contribution in [0.3, 0.4) is 0 Å². The van der Waals surface area contributed by atoms with Gasteiger partial charge in [0.1, 0.15) is 5.75 Å². The van der Waals surface area contributed by atoms with Gasteiger partial charge in [-0.1, -0.05) is 22.8 Å². The molecule has 0 unspecified atom stereocenters. The third-order valence-electron chi connectivity index (χ3n) is 1.98. The molecule has 16 heavy (non-hydrogen) atoms. The summed E-state index contributed by atoms with van der Waals surface area (Å²) in [7, 11) is 0. The van der Waals surface area contributed by atoms with Crippen LogP contribution in [-0.2, 0) is 0 Å². The Bertz CT molecular complexity index is 550. The summed E-state index contributed by atoms with van der Waals surface area (Å²) in [5, 5.41) is 21.8. The molecular weight excluding hydrogens is 234 g/mol. The highest BCUT2D eigenvalue weighted by atomic mass is 35.5. The van der Waals surface area contributed by atoms with Crippen molar-refractivity contribution in [3.8, 4) is 17.1 Å². The van der Waals surface area contributed by atoms with E-state index in [0.29, 0.717) is 5.56 Å². The van der Waals surface area contributed by atoms with Crippen LogP contribution in [0.4, 0.5) is 0 Å². The number of phenols is 1. The fourth-order valence-corrected chi connectivity index (χ4v) is 1.39. The number of carboxylic acids is 1. The minimum absolute atomic E-state index is 0.150. The van der Waals surface area contributed by atoms with Crippen LogP contribution in [0.25, 0.3) is 11.3 Å². The van der Waals surface area contributed by atoms with Crippen molar-refractivity contribution in [2.24, 2.45) is 0 Å². The Morgan fingerprint density at radius 1 is 1.44 bits per heavy atom. The topological polar surface area (TPSA) is 83.6 Å². The van der Waals surface area contributed by atoms with Gasteiger partial charge in [-0.3, -0.25) is 0 Å². The molecule has 0 bridgehead atoms. The van der Waals surface area contributed by atoms with E-state index in [-0.39, 0.29) is 22.2 Å². The van der Waals surface area contributed by atoms with Crippen LogP contribution in [0.1, 0.15) is 10.5 Å². The average Bonchev–Trinajstić information content (AvgIpc) is 2.71. The maximum absolute atomic E-state index is 10.6. The molecule has 6 heteroatoms. The zero-order chi connectivity index (χ0) is 11.7. The highest BCUT2D eigenvalue weighted by molar-refractivity contribution is 6.32. The minimum atomic E-state index is -1.20. The molecule has 0 aliphatic rings. The Kier molecular flexibility index (Phi) is 2.54. The van der Waals surface area contributed by atoms with Gasteiger partial charge in [0.05, 0.1) is 10.6 Å². The molecule has 0 aliphatic heterocycles. The van der Waals surface area contributed by atoms with E-state index in [1.165, 1.54) is 12.1 Å². The van der Waals surface area contributed by atoms with Crippen LogP contribution in [0.2, 0.25) is 5.02 Å². The lowest BCUT2D eigenvalue weighted by Crippen LogP contribution is -1.94. The number of rotatable bonds is 2. The van der Waals surface area contributed by atoms with Crippen LogP contribution in [0.5, 0.6) is 5.75 Å². The Labute approximate surface area is 94.9 Å². The number of carboxylic acid groups (broad SMARTS) is 1. The normalized spacial score (nSPS) is 10.3. The summed E-state index contributed by atoms with van der Waals surface area (Å²) in [5.74, 6) is -1.22. The second-order valence-electron chi connectivity index (χ2n) is 3.02. The summed E-state index contributed by atoms with van der Waals surface area (Å²) in [6, 6.07) is 5.89. The fraction of sp³-hybridized carbons (Fsp3) is 0. The number of aromatic carboxylic acids is 1. The Hall–Kier alpha value is -2.01. The zero-order valence-corrected chi connectivity index (χ0v) is 8.60. The molecule has 5 nitrogen and oxygen atoms in total. The molecule has 0 fully saturated rings. The molecule has 2 aromatic rings. The van der Waals surface area contributed by atoms with Crippen molar-refractivity contribution in [1.82, 2.24) is 5.16 Å². The third-order valence-corrected chi connectivity index (χ3v) is 2.29. The number of aromatic hydroxyl groups is 1. The SMILES string of the molecule is O=C(O)c1cc(-c2cccc(Cl)c2O)on1. The largest absolute Gasteiger partial charge is 0.506 e. The van der Waals surface area contributed by atoms with Gasteiger partial charge in [0, 0.05) is 6.07 Å². The molecular formula is C10H6ClNO4. The summed E-state index contributed by atoms with van der Waals surface area (Å²) in [6.45, 7) is 0. The van der Waals surface area contributed by atoms with E-state index >= 15 is 0 Å². The van der Waals surface area contributed by atoms with Gasteiger partial charge in [0.25, 0.3) is 0 Å². The maximum atomic E-state index is 10.6. The number of phenolic OH excluding ortho intramolecular Hbond substituents is 1. The van der Waals surface area contributed by atoms with E-state index in [1.54, 1.807) is 12.1 Å². The first kappa shape index (κ1) is 10.5. The van der Waals surface area contributed by atoms with Crippen LogP contribution in [-0.4, -0.2) is 21.3 Å². The van der Waals surface area contributed by atoms with Gasteiger partial charge in [0.2, 0.25) is 0 Å². The number of benzene rings is 1. The summed E-state index contributed by atoms with van der Waals surface area (Å²) in [5.41, 5.74) is 0.0712. The number of hydrogen-bond donors (Lipinski definition) is 2. The monoisotopic (exact) mass is 239 g/mol. The fourth-order valence-electron chi connectivity index (χ4n) is 1.22. The first-order valence-electron chi connectivity index (χ1n) is 4.27. The van der Waals surface area contributed by atoms with Crippen LogP contribution < -0.4 is 0 Å².